The number of oxazole rings is 2. The number of carbonyl (C=O) groups excluding carboxylic acids is 2. The highest BCUT2D eigenvalue weighted by Crippen LogP contribution is 2.59. The van der Waals surface area contributed by atoms with Gasteiger partial charge in [-0.3, -0.25) is 9.59 Å². The number of aromatic nitrogens is 2. The number of aliphatic hydroxyl groups excluding tert-OH is 1. The summed E-state index contributed by atoms with van der Waals surface area (Å²) < 4.78 is 19.1. The topological polar surface area (TPSA) is 202 Å². The van der Waals surface area contributed by atoms with Gasteiger partial charge in [0.05, 0.1) is 0 Å². The fourth-order valence-corrected chi connectivity index (χ4v) is 6.52. The van der Waals surface area contributed by atoms with Gasteiger partial charge in [0.15, 0.2) is 17.7 Å². The summed E-state index contributed by atoms with van der Waals surface area (Å²) in [4.78, 5) is 36.1. The van der Waals surface area contributed by atoms with Crippen molar-refractivity contribution in [1.29, 1.82) is 5.26 Å². The number of ether oxygens (including phenoxy) is 1. The molecule has 3 aliphatic rings. The van der Waals surface area contributed by atoms with E-state index in [0.717, 1.165) is 22.4 Å². The molecule has 236 valence electrons. The molecule has 13 nitrogen and oxygen atoms in total. The van der Waals surface area contributed by atoms with E-state index in [4.69, 9.17) is 24.3 Å². The Bertz CT molecular complexity index is 1920. The lowest BCUT2D eigenvalue weighted by molar-refractivity contribution is -0.135. The van der Waals surface area contributed by atoms with Crippen LogP contribution in [-0.4, -0.2) is 45.3 Å². The Morgan fingerprint density at radius 1 is 1.13 bits per heavy atom. The van der Waals surface area contributed by atoms with Crippen LogP contribution in [0.1, 0.15) is 67.8 Å². The van der Waals surface area contributed by atoms with Gasteiger partial charge in [0.2, 0.25) is 29.3 Å². The first-order valence-electron chi connectivity index (χ1n) is 15.2. The number of anilines is 2. The Morgan fingerprint density at radius 2 is 1.91 bits per heavy atom. The number of rotatable bonds is 5. The van der Waals surface area contributed by atoms with E-state index in [1.165, 1.54) is 0 Å². The summed E-state index contributed by atoms with van der Waals surface area (Å²) in [6, 6.07) is 13.5. The monoisotopic (exact) mass is 623 g/mol. The highest BCUT2D eigenvalue weighted by Gasteiger charge is 2.61. The van der Waals surface area contributed by atoms with E-state index in [0.29, 0.717) is 11.5 Å². The zero-order chi connectivity index (χ0) is 32.5. The average Bonchev–Trinajstić information content (AvgIpc) is 3.77. The molecular formula is C33H33N7O6. The Kier molecular flexibility index (Phi) is 6.79. The Labute approximate surface area is 264 Å². The average molecular weight is 624 g/mol. The summed E-state index contributed by atoms with van der Waals surface area (Å²) in [5.74, 6) is -0.774. The number of hydrogen-bond acceptors (Lipinski definition) is 11. The van der Waals surface area contributed by atoms with Crippen LogP contribution in [0.3, 0.4) is 0 Å². The van der Waals surface area contributed by atoms with Crippen LogP contribution in [0.2, 0.25) is 0 Å². The molecule has 1 spiro atoms. The van der Waals surface area contributed by atoms with Gasteiger partial charge in [-0.25, -0.2) is 4.98 Å². The lowest BCUT2D eigenvalue weighted by Gasteiger charge is -2.29. The van der Waals surface area contributed by atoms with E-state index in [1.54, 1.807) is 13.8 Å². The number of amides is 2. The lowest BCUT2D eigenvalue weighted by atomic mass is 9.72. The smallest absolute Gasteiger partial charge is 0.252 e. The zero-order valence-electron chi connectivity index (χ0n) is 25.6. The summed E-state index contributed by atoms with van der Waals surface area (Å²) in [5.41, 5.74) is 8.17. The van der Waals surface area contributed by atoms with E-state index < -0.39 is 41.6 Å². The van der Waals surface area contributed by atoms with Gasteiger partial charge in [-0.1, -0.05) is 58.0 Å². The van der Waals surface area contributed by atoms with E-state index in [2.05, 4.69) is 20.9 Å². The minimum absolute atomic E-state index is 0.0160. The van der Waals surface area contributed by atoms with E-state index in [1.807, 2.05) is 62.4 Å². The zero-order valence-corrected chi connectivity index (χ0v) is 25.6. The number of nitrogen functional groups attached to an aromatic ring is 1. The molecule has 5 heterocycles. The molecule has 0 fully saturated rings. The number of nitriles is 1. The molecule has 4 aromatic rings. The van der Waals surface area contributed by atoms with Gasteiger partial charge in [-0.2, -0.15) is 10.2 Å². The SMILES string of the molecule is CC(C)[C@H](O)C(=O)NC1Cc2ccc3c(c2)C2(c4ccccc4NC2O3)c2oc(nc2-c2nc(C#N)c(N)o2)[C@H](C(C)C)NC1=O. The quantitative estimate of drug-likeness (QED) is 0.219. The van der Waals surface area contributed by atoms with Crippen LogP contribution < -0.4 is 26.4 Å². The maximum Gasteiger partial charge on any atom is 0.252 e. The van der Waals surface area contributed by atoms with Crippen LogP contribution in [0.5, 0.6) is 5.75 Å². The molecule has 2 aromatic carbocycles. The maximum absolute atomic E-state index is 13.9. The van der Waals surface area contributed by atoms with Gasteiger partial charge in [0, 0.05) is 17.7 Å². The second kappa shape index (κ2) is 10.6. The molecule has 0 saturated heterocycles. The molecule has 5 atom stereocenters. The molecule has 4 bridgehead atoms. The molecule has 3 unspecified atom stereocenters. The third-order valence-electron chi connectivity index (χ3n) is 8.91. The summed E-state index contributed by atoms with van der Waals surface area (Å²) in [5, 5.41) is 29.4. The molecule has 2 amide bonds. The molecule has 46 heavy (non-hydrogen) atoms. The van der Waals surface area contributed by atoms with Crippen molar-refractivity contribution in [2.75, 3.05) is 11.1 Å². The summed E-state index contributed by atoms with van der Waals surface area (Å²) in [7, 11) is 0. The molecule has 7 rings (SSSR count). The number of carbonyl (C=O) groups is 2. The predicted molar refractivity (Wildman–Crippen MR) is 164 cm³/mol. The number of fused-ring (bicyclic) bond motifs is 4. The van der Waals surface area contributed by atoms with Gasteiger partial charge in [0.25, 0.3) is 5.89 Å². The number of para-hydroxylation sites is 1. The van der Waals surface area contributed by atoms with Crippen molar-refractivity contribution in [2.24, 2.45) is 11.8 Å². The summed E-state index contributed by atoms with van der Waals surface area (Å²) in [6.07, 6.45) is -1.82. The fraction of sp³-hybridized carbons (Fsp3) is 0.364. The predicted octanol–water partition coefficient (Wildman–Crippen LogP) is 3.13. The number of nitrogens with one attached hydrogen (secondary N) is 3. The first kappa shape index (κ1) is 29.4. The molecule has 0 aliphatic carbocycles. The van der Waals surface area contributed by atoms with Crippen LogP contribution in [0.25, 0.3) is 11.6 Å². The van der Waals surface area contributed by atoms with Crippen LogP contribution in [0.4, 0.5) is 11.6 Å². The van der Waals surface area contributed by atoms with Gasteiger partial charge in [-0.05, 0) is 35.1 Å². The summed E-state index contributed by atoms with van der Waals surface area (Å²) in [6.45, 7) is 7.26. The number of aliphatic hydroxyl groups is 1. The van der Waals surface area contributed by atoms with E-state index in [9.17, 15) is 20.0 Å². The highest BCUT2D eigenvalue weighted by atomic mass is 16.5. The number of nitrogens with two attached hydrogens (primary N) is 1. The third kappa shape index (κ3) is 4.32. The van der Waals surface area contributed by atoms with Crippen molar-refractivity contribution >= 4 is 23.4 Å². The van der Waals surface area contributed by atoms with Crippen molar-refractivity contribution in [3.05, 3.63) is 76.5 Å². The van der Waals surface area contributed by atoms with Crippen LogP contribution in [0, 0.1) is 23.2 Å². The van der Waals surface area contributed by atoms with Gasteiger partial charge in [-0.15, -0.1) is 0 Å². The second-order valence-corrected chi connectivity index (χ2v) is 12.6. The molecule has 2 aromatic heterocycles. The first-order chi connectivity index (χ1) is 22.0. The number of benzene rings is 2. The number of nitrogens with zero attached hydrogens (tertiary/aromatic N) is 3. The van der Waals surface area contributed by atoms with Crippen LogP contribution in [-0.2, 0) is 21.4 Å². The minimum atomic E-state index is -1.29. The molecule has 13 heteroatoms. The Morgan fingerprint density at radius 3 is 2.63 bits per heavy atom. The van der Waals surface area contributed by atoms with Gasteiger partial charge < -0.3 is 40.4 Å². The highest BCUT2D eigenvalue weighted by molar-refractivity contribution is 5.90. The second-order valence-electron chi connectivity index (χ2n) is 12.6. The van der Waals surface area contributed by atoms with Crippen molar-refractivity contribution in [3.63, 3.8) is 0 Å². The molecule has 0 radical (unpaired) electrons. The first-order valence-corrected chi connectivity index (χ1v) is 15.2. The van der Waals surface area contributed by atoms with Crippen molar-refractivity contribution in [3.8, 4) is 23.4 Å². The van der Waals surface area contributed by atoms with E-state index >= 15 is 0 Å². The lowest BCUT2D eigenvalue weighted by Crippen LogP contribution is -2.52. The van der Waals surface area contributed by atoms with Gasteiger partial charge >= 0.3 is 0 Å². The van der Waals surface area contributed by atoms with Crippen molar-refractivity contribution in [2.45, 2.75) is 63.9 Å². The Balaban J connectivity index is 1.49. The van der Waals surface area contributed by atoms with Gasteiger partial charge in [0.1, 0.15) is 35.4 Å². The third-order valence-corrected chi connectivity index (χ3v) is 8.91. The maximum atomic E-state index is 13.9. The Hall–Kier alpha value is -5.35. The molecule has 6 N–H and O–H groups in total. The van der Waals surface area contributed by atoms with Crippen molar-refractivity contribution < 1.29 is 28.3 Å². The van der Waals surface area contributed by atoms with E-state index in [-0.39, 0.29) is 47.3 Å². The molecule has 0 saturated carbocycles. The number of hydrogen-bond donors (Lipinski definition) is 5. The van der Waals surface area contributed by atoms with Crippen LogP contribution in [0.15, 0.2) is 51.3 Å². The fourth-order valence-electron chi connectivity index (χ4n) is 6.52. The van der Waals surface area contributed by atoms with Crippen molar-refractivity contribution in [1.82, 2.24) is 20.6 Å². The minimum Gasteiger partial charge on any atom is -0.469 e. The largest absolute Gasteiger partial charge is 0.469 e. The molecule has 3 aliphatic heterocycles. The standard InChI is InChI=1S/C33H33N7O6/c1-14(2)23-30-40-24(31-37-21(13-34)27(35)46-31)26(45-30)33-17-7-5-6-8-19(17)38-32(33)44-22-10-9-16(11-18(22)33)12-20(28(42)39-23)36-29(43)25(41)15(3)4/h5-11,14-15,20,23,25,32,38,41H,12,35H2,1-4H3,(H,36,43)(H,39,42)/t20?,23-,25-,32?,33?/m0/s1. The normalized spacial score (nSPS) is 23.3. The van der Waals surface area contributed by atoms with Crippen LogP contribution >= 0.6 is 0 Å². The molecular weight excluding hydrogens is 590 g/mol. The summed E-state index contributed by atoms with van der Waals surface area (Å²) >= 11 is 0.